The third kappa shape index (κ3) is 3.80. The molecule has 1 amide bonds. The van der Waals surface area contributed by atoms with Gasteiger partial charge in [-0.2, -0.15) is 5.26 Å². The van der Waals surface area contributed by atoms with Gasteiger partial charge in [0.05, 0.1) is 6.07 Å². The molecule has 0 bridgehead atoms. The highest BCUT2D eigenvalue weighted by molar-refractivity contribution is 5.92. The fourth-order valence-corrected chi connectivity index (χ4v) is 1.05. The number of esters is 1. The average molecular weight is 218 g/mol. The predicted molar refractivity (Wildman–Crippen MR) is 56.6 cm³/mol. The maximum atomic E-state index is 11.1. The van der Waals surface area contributed by atoms with Crippen LogP contribution in [-0.2, 0) is 9.59 Å². The zero-order valence-electron chi connectivity index (χ0n) is 8.69. The first-order valence-corrected chi connectivity index (χ1v) is 4.57. The first-order valence-electron chi connectivity index (χ1n) is 4.57. The number of nitriles is 1. The quantitative estimate of drug-likeness (QED) is 0.615. The zero-order valence-corrected chi connectivity index (χ0v) is 8.69. The molecular formula is C11H10N2O3. The second-order valence-corrected chi connectivity index (χ2v) is 3.00. The highest BCUT2D eigenvalue weighted by atomic mass is 16.5. The van der Waals surface area contributed by atoms with Crippen LogP contribution in [0.25, 0.3) is 0 Å². The lowest BCUT2D eigenvalue weighted by atomic mass is 10.3. The summed E-state index contributed by atoms with van der Waals surface area (Å²) < 4.78 is 4.82. The van der Waals surface area contributed by atoms with E-state index in [1.165, 1.54) is 6.92 Å². The van der Waals surface area contributed by atoms with Crippen LogP contribution in [0.5, 0.6) is 5.75 Å². The average Bonchev–Trinajstić information content (AvgIpc) is 2.20. The van der Waals surface area contributed by atoms with Gasteiger partial charge in [-0.15, -0.1) is 0 Å². The van der Waals surface area contributed by atoms with Crippen molar-refractivity contribution in [1.29, 1.82) is 5.26 Å². The molecule has 0 aliphatic carbocycles. The van der Waals surface area contributed by atoms with Crippen LogP contribution in [-0.4, -0.2) is 11.9 Å². The Morgan fingerprint density at radius 3 is 2.50 bits per heavy atom. The minimum absolute atomic E-state index is 0.189. The smallest absolute Gasteiger partial charge is 0.308 e. The van der Waals surface area contributed by atoms with E-state index in [0.717, 1.165) is 0 Å². The standard InChI is InChI=1S/C11H10N2O3/c1-8(14)16-10-4-2-9(3-5-10)13-11(15)6-7-12/h2-5H,6H2,1H3,(H,13,15). The molecule has 0 aromatic heterocycles. The molecule has 0 radical (unpaired) electrons. The number of carbonyl (C=O) groups excluding carboxylic acids is 2. The van der Waals surface area contributed by atoms with E-state index < -0.39 is 5.97 Å². The maximum absolute atomic E-state index is 11.1. The molecule has 0 aliphatic heterocycles. The molecule has 0 saturated heterocycles. The molecule has 1 aromatic rings. The lowest BCUT2D eigenvalue weighted by Gasteiger charge is -2.04. The minimum atomic E-state index is -0.402. The summed E-state index contributed by atoms with van der Waals surface area (Å²) in [5.41, 5.74) is 0.552. The molecule has 0 heterocycles. The maximum Gasteiger partial charge on any atom is 0.308 e. The van der Waals surface area contributed by atoms with Crippen molar-refractivity contribution in [3.05, 3.63) is 24.3 Å². The lowest BCUT2D eigenvalue weighted by Crippen LogP contribution is -2.10. The normalized spacial score (nSPS) is 9.00. The number of rotatable bonds is 3. The molecule has 0 atom stereocenters. The first kappa shape index (κ1) is 11.7. The van der Waals surface area contributed by atoms with Gasteiger partial charge in [0.15, 0.2) is 0 Å². The Balaban J connectivity index is 2.61. The fourth-order valence-electron chi connectivity index (χ4n) is 1.05. The van der Waals surface area contributed by atoms with Gasteiger partial charge < -0.3 is 10.1 Å². The Morgan fingerprint density at radius 2 is 2.00 bits per heavy atom. The van der Waals surface area contributed by atoms with Crippen molar-refractivity contribution < 1.29 is 14.3 Å². The van der Waals surface area contributed by atoms with E-state index >= 15 is 0 Å². The summed E-state index contributed by atoms with van der Waals surface area (Å²) in [6, 6.07) is 8.04. The number of hydrogen-bond acceptors (Lipinski definition) is 4. The number of ether oxygens (including phenoxy) is 1. The highest BCUT2D eigenvalue weighted by Gasteiger charge is 2.02. The highest BCUT2D eigenvalue weighted by Crippen LogP contribution is 2.15. The number of carbonyl (C=O) groups is 2. The first-order chi connectivity index (χ1) is 7.61. The van der Waals surface area contributed by atoms with Crippen LogP contribution in [0.2, 0.25) is 0 Å². The predicted octanol–water partition coefficient (Wildman–Crippen LogP) is 1.46. The minimum Gasteiger partial charge on any atom is -0.427 e. The Morgan fingerprint density at radius 1 is 1.38 bits per heavy atom. The van der Waals surface area contributed by atoms with Crippen LogP contribution < -0.4 is 10.1 Å². The van der Waals surface area contributed by atoms with Gasteiger partial charge in [-0.05, 0) is 24.3 Å². The van der Waals surface area contributed by atoms with Crippen LogP contribution in [0, 0.1) is 11.3 Å². The summed E-state index contributed by atoms with van der Waals surface area (Å²) in [5, 5.41) is 10.8. The summed E-state index contributed by atoms with van der Waals surface area (Å²) in [7, 11) is 0. The zero-order chi connectivity index (χ0) is 12.0. The molecule has 0 unspecified atom stereocenters. The summed E-state index contributed by atoms with van der Waals surface area (Å²) in [5.74, 6) is -0.366. The number of hydrogen-bond donors (Lipinski definition) is 1. The molecular weight excluding hydrogens is 208 g/mol. The van der Waals surface area contributed by atoms with Crippen molar-refractivity contribution in [2.24, 2.45) is 0 Å². The van der Waals surface area contributed by atoms with Crippen LogP contribution in [0.3, 0.4) is 0 Å². The molecule has 0 saturated carbocycles. The molecule has 16 heavy (non-hydrogen) atoms. The summed E-state index contributed by atoms with van der Waals surface area (Å²) in [6.45, 7) is 1.31. The summed E-state index contributed by atoms with van der Waals surface area (Å²) in [6.07, 6.45) is -0.189. The largest absolute Gasteiger partial charge is 0.427 e. The van der Waals surface area contributed by atoms with Gasteiger partial charge in [0.25, 0.3) is 0 Å². The lowest BCUT2D eigenvalue weighted by molar-refractivity contribution is -0.131. The molecule has 0 fully saturated rings. The molecule has 1 aromatic carbocycles. The van der Waals surface area contributed by atoms with Crippen LogP contribution >= 0.6 is 0 Å². The fraction of sp³-hybridized carbons (Fsp3) is 0.182. The number of nitrogens with zero attached hydrogens (tertiary/aromatic N) is 1. The van der Waals surface area contributed by atoms with Crippen LogP contribution in [0.4, 0.5) is 5.69 Å². The summed E-state index contributed by atoms with van der Waals surface area (Å²) >= 11 is 0. The van der Waals surface area contributed by atoms with Crippen LogP contribution in [0.1, 0.15) is 13.3 Å². The van der Waals surface area contributed by atoms with Gasteiger partial charge in [-0.3, -0.25) is 9.59 Å². The van der Waals surface area contributed by atoms with Gasteiger partial charge in [0.2, 0.25) is 5.91 Å². The monoisotopic (exact) mass is 218 g/mol. The summed E-state index contributed by atoms with van der Waals surface area (Å²) in [4.78, 5) is 21.7. The van der Waals surface area contributed by atoms with Crippen molar-refractivity contribution in [2.45, 2.75) is 13.3 Å². The van der Waals surface area contributed by atoms with Gasteiger partial charge in [0, 0.05) is 12.6 Å². The number of amides is 1. The Bertz CT molecular complexity index is 432. The van der Waals surface area contributed by atoms with Crippen molar-refractivity contribution in [3.8, 4) is 11.8 Å². The Hall–Kier alpha value is -2.35. The van der Waals surface area contributed by atoms with E-state index in [1.54, 1.807) is 30.3 Å². The number of anilines is 1. The topological polar surface area (TPSA) is 79.2 Å². The third-order valence-corrected chi connectivity index (χ3v) is 1.64. The number of nitrogens with one attached hydrogen (secondary N) is 1. The molecule has 5 heteroatoms. The van der Waals surface area contributed by atoms with E-state index in [9.17, 15) is 9.59 Å². The molecule has 0 spiro atoms. The second kappa shape index (κ2) is 5.51. The molecule has 82 valence electrons. The van der Waals surface area contributed by atoms with E-state index in [0.29, 0.717) is 11.4 Å². The van der Waals surface area contributed by atoms with Crippen molar-refractivity contribution in [2.75, 3.05) is 5.32 Å². The Kier molecular flexibility index (Phi) is 4.04. The van der Waals surface area contributed by atoms with Gasteiger partial charge in [-0.25, -0.2) is 0 Å². The number of benzene rings is 1. The molecule has 0 aliphatic rings. The molecule has 1 rings (SSSR count). The second-order valence-electron chi connectivity index (χ2n) is 3.00. The van der Waals surface area contributed by atoms with Gasteiger partial charge in [-0.1, -0.05) is 0 Å². The Labute approximate surface area is 92.6 Å². The van der Waals surface area contributed by atoms with Gasteiger partial charge >= 0.3 is 5.97 Å². The van der Waals surface area contributed by atoms with Crippen molar-refractivity contribution in [3.63, 3.8) is 0 Å². The van der Waals surface area contributed by atoms with E-state index in [2.05, 4.69) is 5.32 Å². The van der Waals surface area contributed by atoms with Crippen molar-refractivity contribution in [1.82, 2.24) is 0 Å². The van der Waals surface area contributed by atoms with E-state index in [1.807, 2.05) is 0 Å². The molecule has 1 N–H and O–H groups in total. The van der Waals surface area contributed by atoms with Gasteiger partial charge in [0.1, 0.15) is 12.2 Å². The van der Waals surface area contributed by atoms with Crippen LogP contribution in [0.15, 0.2) is 24.3 Å². The third-order valence-electron chi connectivity index (χ3n) is 1.64. The SMILES string of the molecule is CC(=O)Oc1ccc(NC(=O)CC#N)cc1. The van der Waals surface area contributed by atoms with Crippen molar-refractivity contribution >= 4 is 17.6 Å². The van der Waals surface area contributed by atoms with E-state index in [-0.39, 0.29) is 12.3 Å². The van der Waals surface area contributed by atoms with E-state index in [4.69, 9.17) is 10.00 Å². The molecule has 5 nitrogen and oxygen atoms in total.